The predicted octanol–water partition coefficient (Wildman–Crippen LogP) is 1.55. The number of carbonyl (C=O) groups is 1. The van der Waals surface area contributed by atoms with Crippen molar-refractivity contribution in [3.8, 4) is 10.6 Å². The molecule has 0 fully saturated rings. The number of carbonyl (C=O) groups excluding carboxylic acids is 1. The number of aryl methyl sites for hydroxylation is 1. The molecule has 0 saturated heterocycles. The van der Waals surface area contributed by atoms with Crippen LogP contribution >= 0.6 is 11.3 Å². The van der Waals surface area contributed by atoms with Crippen LogP contribution in [-0.4, -0.2) is 16.1 Å². The van der Waals surface area contributed by atoms with Crippen molar-refractivity contribution in [3.05, 3.63) is 28.8 Å². The van der Waals surface area contributed by atoms with Crippen molar-refractivity contribution in [1.82, 2.24) is 10.2 Å². The van der Waals surface area contributed by atoms with Gasteiger partial charge in [0.2, 0.25) is 0 Å². The van der Waals surface area contributed by atoms with Crippen LogP contribution in [0.4, 0.5) is 0 Å². The zero-order chi connectivity index (χ0) is 10.1. The number of hydrogen-bond donors (Lipinski definition) is 2. The number of nitrogens with one attached hydrogen (secondary N) is 1. The quantitative estimate of drug-likeness (QED) is 0.784. The van der Waals surface area contributed by atoms with Gasteiger partial charge in [0.15, 0.2) is 0 Å². The smallest absolute Gasteiger partial charge is 0.269 e. The van der Waals surface area contributed by atoms with Crippen molar-refractivity contribution < 1.29 is 4.79 Å². The number of aromatic nitrogens is 2. The van der Waals surface area contributed by atoms with Gasteiger partial charge < -0.3 is 5.73 Å². The molecular formula is C9H9N3OS. The first-order valence-electron chi connectivity index (χ1n) is 4.09. The standard InChI is InChI=1S/C9H9N3OS/c1-5-2-3-8(14-5)6-4-7(9(10)13)12-11-6/h2-4H,1H3,(H2,10,13)(H,11,12). The molecule has 0 spiro atoms. The van der Waals surface area contributed by atoms with Gasteiger partial charge in [0, 0.05) is 4.88 Å². The van der Waals surface area contributed by atoms with Crippen LogP contribution in [0.5, 0.6) is 0 Å². The molecule has 0 atom stereocenters. The molecule has 3 N–H and O–H groups in total. The van der Waals surface area contributed by atoms with E-state index in [0.29, 0.717) is 0 Å². The van der Waals surface area contributed by atoms with Gasteiger partial charge in [0.25, 0.3) is 5.91 Å². The number of aromatic amines is 1. The van der Waals surface area contributed by atoms with E-state index in [1.807, 2.05) is 19.1 Å². The molecule has 2 rings (SSSR count). The Bertz CT molecular complexity index is 472. The molecule has 0 bridgehead atoms. The average molecular weight is 207 g/mol. The number of nitrogens with two attached hydrogens (primary N) is 1. The minimum atomic E-state index is -0.513. The topological polar surface area (TPSA) is 71.8 Å². The predicted molar refractivity (Wildman–Crippen MR) is 55.2 cm³/mol. The third-order valence-corrected chi connectivity index (χ3v) is 2.87. The van der Waals surface area contributed by atoms with E-state index in [0.717, 1.165) is 10.6 Å². The normalized spacial score (nSPS) is 10.4. The number of primary amides is 1. The second-order valence-electron chi connectivity index (χ2n) is 2.94. The summed E-state index contributed by atoms with van der Waals surface area (Å²) in [5.74, 6) is -0.513. The van der Waals surface area contributed by atoms with E-state index < -0.39 is 5.91 Å². The molecule has 0 unspecified atom stereocenters. The van der Waals surface area contributed by atoms with Crippen LogP contribution in [0.3, 0.4) is 0 Å². The fourth-order valence-electron chi connectivity index (χ4n) is 1.15. The number of rotatable bonds is 2. The Kier molecular flexibility index (Phi) is 2.09. The molecule has 2 aromatic rings. The second-order valence-corrected chi connectivity index (χ2v) is 4.23. The van der Waals surface area contributed by atoms with Crippen molar-refractivity contribution in [2.75, 3.05) is 0 Å². The molecule has 1 amide bonds. The molecule has 0 radical (unpaired) electrons. The van der Waals surface area contributed by atoms with Gasteiger partial charge in [-0.3, -0.25) is 9.89 Å². The van der Waals surface area contributed by atoms with Gasteiger partial charge in [-0.05, 0) is 25.1 Å². The summed E-state index contributed by atoms with van der Waals surface area (Å²) >= 11 is 1.64. The van der Waals surface area contributed by atoms with Crippen molar-refractivity contribution in [3.63, 3.8) is 0 Å². The molecule has 5 heteroatoms. The average Bonchev–Trinajstić information content (AvgIpc) is 2.70. The first-order valence-corrected chi connectivity index (χ1v) is 4.90. The molecule has 0 saturated carbocycles. The number of amides is 1. The monoisotopic (exact) mass is 207 g/mol. The first-order chi connectivity index (χ1) is 6.66. The van der Waals surface area contributed by atoms with Gasteiger partial charge in [0.05, 0.1) is 10.6 Å². The van der Waals surface area contributed by atoms with E-state index in [-0.39, 0.29) is 5.69 Å². The van der Waals surface area contributed by atoms with Crippen LogP contribution in [0.25, 0.3) is 10.6 Å². The molecular weight excluding hydrogens is 198 g/mol. The number of thiophene rings is 1. The second kappa shape index (κ2) is 3.26. The van der Waals surface area contributed by atoms with E-state index in [1.54, 1.807) is 17.4 Å². The van der Waals surface area contributed by atoms with Gasteiger partial charge in [-0.2, -0.15) is 5.10 Å². The number of H-pyrrole nitrogens is 1. The lowest BCUT2D eigenvalue weighted by molar-refractivity contribution is 0.0995. The Labute approximate surface area is 84.8 Å². The lowest BCUT2D eigenvalue weighted by Crippen LogP contribution is -2.10. The zero-order valence-electron chi connectivity index (χ0n) is 7.57. The summed E-state index contributed by atoms with van der Waals surface area (Å²) in [4.78, 5) is 13.1. The summed E-state index contributed by atoms with van der Waals surface area (Å²) in [5, 5.41) is 6.58. The van der Waals surface area contributed by atoms with Crippen molar-refractivity contribution >= 4 is 17.2 Å². The maximum atomic E-state index is 10.8. The van der Waals surface area contributed by atoms with Gasteiger partial charge in [-0.15, -0.1) is 11.3 Å². The van der Waals surface area contributed by atoms with Crippen molar-refractivity contribution in [2.24, 2.45) is 5.73 Å². The molecule has 14 heavy (non-hydrogen) atoms. The minimum Gasteiger partial charge on any atom is -0.364 e. The van der Waals surface area contributed by atoms with Crippen molar-refractivity contribution in [2.45, 2.75) is 6.92 Å². The Morgan fingerprint density at radius 1 is 1.57 bits per heavy atom. The highest BCUT2D eigenvalue weighted by atomic mass is 32.1. The third-order valence-electron chi connectivity index (χ3n) is 1.84. The molecule has 0 aliphatic heterocycles. The minimum absolute atomic E-state index is 0.269. The Balaban J connectivity index is 2.38. The largest absolute Gasteiger partial charge is 0.364 e. The summed E-state index contributed by atoms with van der Waals surface area (Å²) < 4.78 is 0. The van der Waals surface area contributed by atoms with Crippen LogP contribution in [-0.2, 0) is 0 Å². The van der Waals surface area contributed by atoms with Crippen LogP contribution < -0.4 is 5.73 Å². The maximum Gasteiger partial charge on any atom is 0.269 e. The summed E-state index contributed by atoms with van der Waals surface area (Å²) in [6, 6.07) is 5.66. The zero-order valence-corrected chi connectivity index (χ0v) is 8.39. The lowest BCUT2D eigenvalue weighted by atomic mass is 10.3. The van der Waals surface area contributed by atoms with Crippen molar-refractivity contribution in [1.29, 1.82) is 0 Å². The fourth-order valence-corrected chi connectivity index (χ4v) is 1.99. The lowest BCUT2D eigenvalue weighted by Gasteiger charge is -1.86. The van der Waals surface area contributed by atoms with Gasteiger partial charge in [0.1, 0.15) is 5.69 Å². The van der Waals surface area contributed by atoms with Gasteiger partial charge in [-0.1, -0.05) is 0 Å². The molecule has 2 heterocycles. The van der Waals surface area contributed by atoms with Gasteiger partial charge in [-0.25, -0.2) is 0 Å². The molecule has 0 aromatic carbocycles. The summed E-state index contributed by atoms with van der Waals surface area (Å²) in [6.07, 6.45) is 0. The molecule has 0 aliphatic rings. The van der Waals surface area contributed by atoms with Gasteiger partial charge >= 0.3 is 0 Å². The summed E-state index contributed by atoms with van der Waals surface area (Å²) in [7, 11) is 0. The Morgan fingerprint density at radius 3 is 2.86 bits per heavy atom. The number of nitrogens with zero attached hydrogens (tertiary/aromatic N) is 1. The Morgan fingerprint density at radius 2 is 2.36 bits per heavy atom. The van der Waals surface area contributed by atoms with E-state index in [4.69, 9.17) is 5.73 Å². The fraction of sp³-hybridized carbons (Fsp3) is 0.111. The molecule has 2 aromatic heterocycles. The number of hydrogen-bond acceptors (Lipinski definition) is 3. The highest BCUT2D eigenvalue weighted by Crippen LogP contribution is 2.26. The summed E-state index contributed by atoms with van der Waals surface area (Å²) in [6.45, 7) is 2.03. The van der Waals surface area contributed by atoms with E-state index in [9.17, 15) is 4.79 Å². The maximum absolute atomic E-state index is 10.8. The third kappa shape index (κ3) is 1.54. The highest BCUT2D eigenvalue weighted by Gasteiger charge is 2.08. The Hall–Kier alpha value is -1.62. The first kappa shape index (κ1) is 8.96. The van der Waals surface area contributed by atoms with Crippen LogP contribution in [0.1, 0.15) is 15.4 Å². The van der Waals surface area contributed by atoms with E-state index >= 15 is 0 Å². The SMILES string of the molecule is Cc1ccc(-c2cc(C(N)=O)n[nH]2)s1. The van der Waals surface area contributed by atoms with E-state index in [2.05, 4.69) is 10.2 Å². The molecule has 0 aliphatic carbocycles. The molecule has 72 valence electrons. The van der Waals surface area contributed by atoms with Crippen LogP contribution in [0, 0.1) is 6.92 Å². The van der Waals surface area contributed by atoms with E-state index in [1.165, 1.54) is 4.88 Å². The highest BCUT2D eigenvalue weighted by molar-refractivity contribution is 7.15. The summed E-state index contributed by atoms with van der Waals surface area (Å²) in [5.41, 5.74) is 6.19. The van der Waals surface area contributed by atoms with Crippen LogP contribution in [0.15, 0.2) is 18.2 Å². The molecule has 4 nitrogen and oxygen atoms in total. The van der Waals surface area contributed by atoms with Crippen LogP contribution in [0.2, 0.25) is 0 Å².